The molecule has 7 heteroatoms. The van der Waals surface area contributed by atoms with E-state index in [-0.39, 0.29) is 11.9 Å². The zero-order valence-corrected chi connectivity index (χ0v) is 17.1. The number of furan rings is 1. The molecule has 1 aliphatic heterocycles. The predicted octanol–water partition coefficient (Wildman–Crippen LogP) is 5.52. The molecule has 0 amide bonds. The smallest absolute Gasteiger partial charge is 0.230 e. The molecule has 5 aromatic rings. The summed E-state index contributed by atoms with van der Waals surface area (Å²) in [5, 5.41) is 5.63. The number of nitrogens with zero attached hydrogens (tertiary/aromatic N) is 4. The van der Waals surface area contributed by atoms with E-state index in [9.17, 15) is 4.39 Å². The summed E-state index contributed by atoms with van der Waals surface area (Å²) < 4.78 is 27.0. The molecule has 0 saturated carbocycles. The SMILES string of the molecule is Fc1ccc(-c2nn(C3CCOC3)cc2-c2ncc3cc(-c4ccccc4)oc3n2)cc1. The van der Waals surface area contributed by atoms with Gasteiger partial charge in [-0.1, -0.05) is 30.3 Å². The molecule has 4 heterocycles. The Hall–Kier alpha value is -3.84. The van der Waals surface area contributed by atoms with Crippen LogP contribution >= 0.6 is 0 Å². The molecule has 6 rings (SSSR count). The van der Waals surface area contributed by atoms with E-state index in [0.717, 1.165) is 34.3 Å². The molecule has 0 spiro atoms. The first-order chi connectivity index (χ1) is 15.7. The monoisotopic (exact) mass is 426 g/mol. The van der Waals surface area contributed by atoms with Gasteiger partial charge in [-0.15, -0.1) is 0 Å². The Kier molecular flexibility index (Phi) is 4.54. The molecule has 0 N–H and O–H groups in total. The standard InChI is InChI=1S/C25H19FN4O2/c26-19-8-6-17(7-9-19)23-21(14-30(29-23)20-10-11-31-15-20)24-27-13-18-12-22(32-25(18)28-24)16-4-2-1-3-5-16/h1-9,12-14,20H,10-11,15H2. The molecular weight excluding hydrogens is 407 g/mol. The molecule has 0 bridgehead atoms. The van der Waals surface area contributed by atoms with Gasteiger partial charge in [0.2, 0.25) is 5.71 Å². The molecular formula is C25H19FN4O2. The molecule has 3 aromatic heterocycles. The van der Waals surface area contributed by atoms with Crippen molar-refractivity contribution in [2.75, 3.05) is 13.2 Å². The zero-order chi connectivity index (χ0) is 21.5. The Morgan fingerprint density at radius 3 is 2.62 bits per heavy atom. The third kappa shape index (κ3) is 3.36. The third-order valence-electron chi connectivity index (χ3n) is 5.70. The van der Waals surface area contributed by atoms with Gasteiger partial charge in [0.15, 0.2) is 5.82 Å². The molecule has 1 atom stereocenters. The van der Waals surface area contributed by atoms with Gasteiger partial charge >= 0.3 is 0 Å². The summed E-state index contributed by atoms with van der Waals surface area (Å²) >= 11 is 0. The molecule has 32 heavy (non-hydrogen) atoms. The van der Waals surface area contributed by atoms with Crippen molar-refractivity contribution in [2.45, 2.75) is 12.5 Å². The highest BCUT2D eigenvalue weighted by atomic mass is 19.1. The average molecular weight is 426 g/mol. The number of hydrogen-bond acceptors (Lipinski definition) is 5. The minimum Gasteiger partial charge on any atom is -0.438 e. The van der Waals surface area contributed by atoms with Crippen molar-refractivity contribution in [3.63, 3.8) is 0 Å². The van der Waals surface area contributed by atoms with Crippen molar-refractivity contribution >= 4 is 11.1 Å². The maximum Gasteiger partial charge on any atom is 0.230 e. The van der Waals surface area contributed by atoms with E-state index >= 15 is 0 Å². The number of rotatable bonds is 4. The van der Waals surface area contributed by atoms with E-state index in [4.69, 9.17) is 19.2 Å². The summed E-state index contributed by atoms with van der Waals surface area (Å²) in [6.07, 6.45) is 4.60. The largest absolute Gasteiger partial charge is 0.438 e. The highest BCUT2D eigenvalue weighted by molar-refractivity contribution is 5.83. The lowest BCUT2D eigenvalue weighted by Crippen LogP contribution is -2.08. The molecule has 1 aliphatic rings. The zero-order valence-electron chi connectivity index (χ0n) is 17.1. The fourth-order valence-electron chi connectivity index (χ4n) is 4.00. The van der Waals surface area contributed by atoms with Crippen molar-refractivity contribution in [3.8, 4) is 34.0 Å². The first kappa shape index (κ1) is 18.9. The van der Waals surface area contributed by atoms with Crippen LogP contribution in [0.4, 0.5) is 4.39 Å². The van der Waals surface area contributed by atoms with Crippen LogP contribution < -0.4 is 0 Å². The number of benzene rings is 2. The highest BCUT2D eigenvalue weighted by Crippen LogP contribution is 2.33. The van der Waals surface area contributed by atoms with E-state index in [1.807, 2.05) is 47.3 Å². The van der Waals surface area contributed by atoms with Crippen molar-refractivity contribution in [3.05, 3.63) is 78.9 Å². The number of fused-ring (bicyclic) bond motifs is 1. The summed E-state index contributed by atoms with van der Waals surface area (Å²) in [5.74, 6) is 0.959. The van der Waals surface area contributed by atoms with Crippen molar-refractivity contribution in [2.24, 2.45) is 0 Å². The second-order valence-electron chi connectivity index (χ2n) is 7.83. The number of halogens is 1. The lowest BCUT2D eigenvalue weighted by molar-refractivity contribution is 0.184. The van der Waals surface area contributed by atoms with Crippen LogP contribution in [-0.2, 0) is 4.74 Å². The van der Waals surface area contributed by atoms with Gasteiger partial charge in [0.05, 0.1) is 23.6 Å². The number of ether oxygens (including phenoxy) is 1. The summed E-state index contributed by atoms with van der Waals surface area (Å²) in [6.45, 7) is 1.32. The maximum absolute atomic E-state index is 13.5. The van der Waals surface area contributed by atoms with Gasteiger partial charge in [0.1, 0.15) is 17.3 Å². The van der Waals surface area contributed by atoms with Crippen molar-refractivity contribution in [1.29, 1.82) is 0 Å². The van der Waals surface area contributed by atoms with E-state index in [0.29, 0.717) is 30.4 Å². The Morgan fingerprint density at radius 1 is 1.00 bits per heavy atom. The second-order valence-corrected chi connectivity index (χ2v) is 7.83. The molecule has 6 nitrogen and oxygen atoms in total. The Labute approximate surface area is 183 Å². The molecule has 0 radical (unpaired) electrons. The molecule has 1 saturated heterocycles. The predicted molar refractivity (Wildman–Crippen MR) is 118 cm³/mol. The van der Waals surface area contributed by atoms with Gasteiger partial charge in [-0.25, -0.2) is 9.37 Å². The summed E-state index contributed by atoms with van der Waals surface area (Å²) in [5.41, 5.74) is 3.75. The Bertz CT molecular complexity index is 1390. The first-order valence-corrected chi connectivity index (χ1v) is 10.5. The van der Waals surface area contributed by atoms with E-state index in [1.54, 1.807) is 18.3 Å². The van der Waals surface area contributed by atoms with Crippen LogP contribution in [0, 0.1) is 5.82 Å². The fraction of sp³-hybridized carbons (Fsp3) is 0.160. The molecule has 0 aliphatic carbocycles. The topological polar surface area (TPSA) is 66.0 Å². The van der Waals surface area contributed by atoms with Gasteiger partial charge in [-0.05, 0) is 36.8 Å². The van der Waals surface area contributed by atoms with Crippen LogP contribution in [0.1, 0.15) is 12.5 Å². The highest BCUT2D eigenvalue weighted by Gasteiger charge is 2.23. The lowest BCUT2D eigenvalue weighted by Gasteiger charge is -2.07. The van der Waals surface area contributed by atoms with E-state index in [2.05, 4.69) is 4.98 Å². The normalized spacial score (nSPS) is 16.1. The van der Waals surface area contributed by atoms with Crippen LogP contribution in [0.5, 0.6) is 0 Å². The molecule has 158 valence electrons. The average Bonchev–Trinajstić information content (AvgIpc) is 3.58. The van der Waals surface area contributed by atoms with Crippen LogP contribution in [0.15, 0.2) is 77.5 Å². The quantitative estimate of drug-likeness (QED) is 0.379. The van der Waals surface area contributed by atoms with Crippen molar-refractivity contribution < 1.29 is 13.5 Å². The van der Waals surface area contributed by atoms with Gasteiger partial charge in [-0.2, -0.15) is 10.1 Å². The number of hydrogen-bond donors (Lipinski definition) is 0. The second kappa shape index (κ2) is 7.69. The Morgan fingerprint density at radius 2 is 1.84 bits per heavy atom. The molecule has 1 fully saturated rings. The van der Waals surface area contributed by atoms with Gasteiger partial charge in [0.25, 0.3) is 0 Å². The van der Waals surface area contributed by atoms with E-state index < -0.39 is 0 Å². The summed E-state index contributed by atoms with van der Waals surface area (Å²) in [4.78, 5) is 9.30. The van der Waals surface area contributed by atoms with E-state index in [1.165, 1.54) is 12.1 Å². The summed E-state index contributed by atoms with van der Waals surface area (Å²) in [7, 11) is 0. The van der Waals surface area contributed by atoms with Gasteiger partial charge in [-0.3, -0.25) is 4.68 Å². The van der Waals surface area contributed by atoms with Crippen molar-refractivity contribution in [1.82, 2.24) is 19.7 Å². The van der Waals surface area contributed by atoms with Crippen LogP contribution in [0.25, 0.3) is 45.1 Å². The minimum atomic E-state index is -0.291. The first-order valence-electron chi connectivity index (χ1n) is 10.5. The maximum atomic E-state index is 13.5. The van der Waals surface area contributed by atoms with Crippen LogP contribution in [0.2, 0.25) is 0 Å². The third-order valence-corrected chi connectivity index (χ3v) is 5.70. The Balaban J connectivity index is 1.46. The summed E-state index contributed by atoms with van der Waals surface area (Å²) in [6, 6.07) is 18.3. The van der Waals surface area contributed by atoms with Gasteiger partial charge in [0, 0.05) is 30.1 Å². The van der Waals surface area contributed by atoms with Crippen LogP contribution in [-0.4, -0.2) is 33.0 Å². The fourth-order valence-corrected chi connectivity index (χ4v) is 4.00. The number of aromatic nitrogens is 4. The molecule has 2 aromatic carbocycles. The lowest BCUT2D eigenvalue weighted by atomic mass is 10.1. The minimum absolute atomic E-state index is 0.153. The molecule has 1 unspecified atom stereocenters. The van der Waals surface area contributed by atoms with Crippen LogP contribution in [0.3, 0.4) is 0 Å². The van der Waals surface area contributed by atoms with Gasteiger partial charge < -0.3 is 9.15 Å².